The molecule has 0 saturated heterocycles. The highest BCUT2D eigenvalue weighted by Gasteiger charge is 2.22. The number of hydrogen-bond acceptors (Lipinski definition) is 4. The fourth-order valence-corrected chi connectivity index (χ4v) is 3.33. The van der Waals surface area contributed by atoms with E-state index < -0.39 is 0 Å². The summed E-state index contributed by atoms with van der Waals surface area (Å²) in [5.74, 6) is 2.43. The van der Waals surface area contributed by atoms with E-state index in [1.807, 2.05) is 75.9 Å². The van der Waals surface area contributed by atoms with Crippen LogP contribution in [0.2, 0.25) is 0 Å². The maximum Gasteiger partial charge on any atom is 0.254 e. The Morgan fingerprint density at radius 1 is 1.14 bits per heavy atom. The standard InChI is InChI=1S/C24H28N2O3/c1-16(2)26(14-22-9-8-19(5)29-22)24(27)21-11-17(3)23(18(4)12-21)28-15-20-7-6-10-25-13-20/h6-13,16H,14-15H2,1-5H3. The van der Waals surface area contributed by atoms with Crippen LogP contribution in [-0.4, -0.2) is 21.8 Å². The second-order valence-electron chi connectivity index (χ2n) is 7.63. The zero-order chi connectivity index (χ0) is 21.0. The van der Waals surface area contributed by atoms with Gasteiger partial charge in [-0.15, -0.1) is 0 Å². The van der Waals surface area contributed by atoms with Gasteiger partial charge in [-0.25, -0.2) is 0 Å². The quantitative estimate of drug-likeness (QED) is 0.552. The van der Waals surface area contributed by atoms with Gasteiger partial charge in [-0.1, -0.05) is 6.07 Å². The summed E-state index contributed by atoms with van der Waals surface area (Å²) in [6.45, 7) is 10.8. The Labute approximate surface area is 172 Å². The number of carbonyl (C=O) groups excluding carboxylic acids is 1. The number of ether oxygens (including phenoxy) is 1. The van der Waals surface area contributed by atoms with Gasteiger partial charge in [0.05, 0.1) is 6.54 Å². The van der Waals surface area contributed by atoms with Crippen LogP contribution in [0.15, 0.2) is 53.2 Å². The number of pyridine rings is 1. The van der Waals surface area contributed by atoms with Gasteiger partial charge in [0.15, 0.2) is 0 Å². The third-order valence-electron chi connectivity index (χ3n) is 4.82. The van der Waals surface area contributed by atoms with Crippen LogP contribution in [0.25, 0.3) is 0 Å². The van der Waals surface area contributed by atoms with E-state index in [1.165, 1.54) is 0 Å². The fourth-order valence-electron chi connectivity index (χ4n) is 3.33. The number of nitrogens with zero attached hydrogens (tertiary/aromatic N) is 2. The van der Waals surface area contributed by atoms with Crippen molar-refractivity contribution in [2.24, 2.45) is 0 Å². The number of benzene rings is 1. The Bertz CT molecular complexity index is 954. The minimum absolute atomic E-state index is 0.0148. The second-order valence-corrected chi connectivity index (χ2v) is 7.63. The molecule has 2 heterocycles. The van der Waals surface area contributed by atoms with Gasteiger partial charge in [-0.3, -0.25) is 9.78 Å². The van der Waals surface area contributed by atoms with Crippen LogP contribution in [0, 0.1) is 20.8 Å². The van der Waals surface area contributed by atoms with Crippen molar-refractivity contribution in [1.29, 1.82) is 0 Å². The van der Waals surface area contributed by atoms with Gasteiger partial charge >= 0.3 is 0 Å². The molecule has 1 aromatic carbocycles. The van der Waals surface area contributed by atoms with Gasteiger partial charge in [0.1, 0.15) is 23.9 Å². The molecule has 2 aromatic heterocycles. The topological polar surface area (TPSA) is 55.6 Å². The molecule has 0 radical (unpaired) electrons. The Morgan fingerprint density at radius 3 is 2.41 bits per heavy atom. The monoisotopic (exact) mass is 392 g/mol. The summed E-state index contributed by atoms with van der Waals surface area (Å²) in [4.78, 5) is 19.2. The number of aryl methyl sites for hydroxylation is 3. The lowest BCUT2D eigenvalue weighted by molar-refractivity contribution is 0.0675. The van der Waals surface area contributed by atoms with Gasteiger partial charge in [0.25, 0.3) is 5.91 Å². The lowest BCUT2D eigenvalue weighted by Crippen LogP contribution is -2.36. The molecule has 3 rings (SSSR count). The van der Waals surface area contributed by atoms with E-state index in [4.69, 9.17) is 9.15 Å². The summed E-state index contributed by atoms with van der Waals surface area (Å²) < 4.78 is 11.7. The Balaban J connectivity index is 1.79. The fraction of sp³-hybridized carbons (Fsp3) is 0.333. The molecule has 0 saturated carbocycles. The molecular formula is C24H28N2O3. The van der Waals surface area contributed by atoms with Crippen LogP contribution in [0.5, 0.6) is 5.75 Å². The summed E-state index contributed by atoms with van der Waals surface area (Å²) in [6.07, 6.45) is 3.53. The van der Waals surface area contributed by atoms with Crippen LogP contribution in [0.1, 0.15) is 52.4 Å². The molecule has 0 unspecified atom stereocenters. The molecular weight excluding hydrogens is 364 g/mol. The maximum absolute atomic E-state index is 13.2. The summed E-state index contributed by atoms with van der Waals surface area (Å²) in [6, 6.07) is 11.6. The minimum Gasteiger partial charge on any atom is -0.488 e. The smallest absolute Gasteiger partial charge is 0.254 e. The van der Waals surface area contributed by atoms with E-state index >= 15 is 0 Å². The number of amides is 1. The maximum atomic E-state index is 13.2. The normalized spacial score (nSPS) is 11.0. The predicted molar refractivity (Wildman–Crippen MR) is 113 cm³/mol. The summed E-state index contributed by atoms with van der Waals surface area (Å²) >= 11 is 0. The van der Waals surface area contributed by atoms with Crippen LogP contribution >= 0.6 is 0 Å². The van der Waals surface area contributed by atoms with Crippen molar-refractivity contribution < 1.29 is 13.9 Å². The van der Waals surface area contributed by atoms with E-state index in [2.05, 4.69) is 4.98 Å². The first-order valence-corrected chi connectivity index (χ1v) is 9.84. The highest BCUT2D eigenvalue weighted by molar-refractivity contribution is 5.95. The van der Waals surface area contributed by atoms with E-state index in [9.17, 15) is 4.79 Å². The zero-order valence-electron chi connectivity index (χ0n) is 17.7. The zero-order valence-corrected chi connectivity index (χ0v) is 17.7. The van der Waals surface area contributed by atoms with Crippen LogP contribution < -0.4 is 4.74 Å². The first-order chi connectivity index (χ1) is 13.8. The SMILES string of the molecule is Cc1ccc(CN(C(=O)c2cc(C)c(OCc3cccnc3)c(C)c2)C(C)C)o1. The molecule has 1 amide bonds. The largest absolute Gasteiger partial charge is 0.488 e. The van der Waals surface area contributed by atoms with Crippen LogP contribution in [-0.2, 0) is 13.2 Å². The van der Waals surface area contributed by atoms with E-state index in [0.29, 0.717) is 18.7 Å². The predicted octanol–water partition coefficient (Wildman–Crippen LogP) is 5.23. The molecule has 152 valence electrons. The van der Waals surface area contributed by atoms with Crippen molar-refractivity contribution in [2.45, 2.75) is 53.8 Å². The van der Waals surface area contributed by atoms with E-state index in [1.54, 1.807) is 12.4 Å². The Kier molecular flexibility index (Phi) is 6.37. The molecule has 0 aliphatic carbocycles. The molecule has 5 nitrogen and oxygen atoms in total. The molecule has 3 aromatic rings. The lowest BCUT2D eigenvalue weighted by atomic mass is 10.0. The molecule has 0 bridgehead atoms. The minimum atomic E-state index is -0.0148. The molecule has 0 spiro atoms. The molecule has 0 aliphatic rings. The van der Waals surface area contributed by atoms with Crippen molar-refractivity contribution in [2.75, 3.05) is 0 Å². The summed E-state index contributed by atoms with van der Waals surface area (Å²) in [5.41, 5.74) is 3.54. The number of furan rings is 1. The Hall–Kier alpha value is -3.08. The molecule has 0 fully saturated rings. The second kappa shape index (κ2) is 8.95. The highest BCUT2D eigenvalue weighted by atomic mass is 16.5. The average Bonchev–Trinajstić information content (AvgIpc) is 3.10. The molecule has 0 aliphatic heterocycles. The van der Waals surface area contributed by atoms with Gasteiger partial charge in [-0.2, -0.15) is 0 Å². The van der Waals surface area contributed by atoms with Crippen molar-refractivity contribution in [3.63, 3.8) is 0 Å². The number of carbonyl (C=O) groups is 1. The van der Waals surface area contributed by atoms with Gasteiger partial charge in [0, 0.05) is 29.6 Å². The van der Waals surface area contributed by atoms with Gasteiger partial charge < -0.3 is 14.1 Å². The molecule has 0 atom stereocenters. The highest BCUT2D eigenvalue weighted by Crippen LogP contribution is 2.27. The first kappa shape index (κ1) is 20.6. The number of rotatable bonds is 7. The third-order valence-corrected chi connectivity index (χ3v) is 4.82. The first-order valence-electron chi connectivity index (χ1n) is 9.84. The molecule has 29 heavy (non-hydrogen) atoms. The van der Waals surface area contributed by atoms with E-state index in [-0.39, 0.29) is 11.9 Å². The van der Waals surface area contributed by atoms with Crippen molar-refractivity contribution in [3.05, 3.63) is 82.6 Å². The average molecular weight is 392 g/mol. The molecule has 0 N–H and O–H groups in total. The summed E-state index contributed by atoms with van der Waals surface area (Å²) in [5, 5.41) is 0. The van der Waals surface area contributed by atoms with Crippen molar-refractivity contribution in [1.82, 2.24) is 9.88 Å². The van der Waals surface area contributed by atoms with Crippen molar-refractivity contribution in [3.8, 4) is 5.75 Å². The third kappa shape index (κ3) is 5.05. The lowest BCUT2D eigenvalue weighted by Gasteiger charge is -2.26. The van der Waals surface area contributed by atoms with Crippen molar-refractivity contribution >= 4 is 5.91 Å². The Morgan fingerprint density at radius 2 is 1.86 bits per heavy atom. The van der Waals surface area contributed by atoms with Gasteiger partial charge in [-0.05, 0) is 76.1 Å². The van der Waals surface area contributed by atoms with Gasteiger partial charge in [0.2, 0.25) is 0 Å². The molecule has 5 heteroatoms. The van der Waals surface area contributed by atoms with E-state index in [0.717, 1.165) is 34.0 Å². The van der Waals surface area contributed by atoms with Crippen LogP contribution in [0.4, 0.5) is 0 Å². The number of hydrogen-bond donors (Lipinski definition) is 0. The summed E-state index contributed by atoms with van der Waals surface area (Å²) in [7, 11) is 0. The van der Waals surface area contributed by atoms with Crippen LogP contribution in [0.3, 0.4) is 0 Å². The number of aromatic nitrogens is 1.